The summed E-state index contributed by atoms with van der Waals surface area (Å²) in [6, 6.07) is 10.4. The van der Waals surface area contributed by atoms with Crippen molar-refractivity contribution in [3.8, 4) is 28.7 Å². The van der Waals surface area contributed by atoms with Gasteiger partial charge in [0.1, 0.15) is 5.75 Å². The van der Waals surface area contributed by atoms with Crippen molar-refractivity contribution in [1.29, 1.82) is 0 Å². The molecule has 0 bridgehead atoms. The van der Waals surface area contributed by atoms with E-state index < -0.39 is 17.4 Å². The monoisotopic (exact) mass is 469 g/mol. The van der Waals surface area contributed by atoms with E-state index >= 15 is 0 Å². The number of ether oxygens (including phenoxy) is 2. The largest absolute Gasteiger partial charge is 0.507 e. The summed E-state index contributed by atoms with van der Waals surface area (Å²) in [4.78, 5) is 25.7. The predicted molar refractivity (Wildman–Crippen MR) is 124 cm³/mol. The van der Waals surface area contributed by atoms with Gasteiger partial charge in [0.25, 0.3) is 5.56 Å². The van der Waals surface area contributed by atoms with E-state index in [1.165, 1.54) is 49.1 Å². The van der Waals surface area contributed by atoms with Gasteiger partial charge in [-0.1, -0.05) is 12.1 Å². The Labute approximate surface area is 196 Å². The SMILES string of the molecule is COC(=O)CC(c1ccc(OC)c(O)c1)c1c(O)cc(C)n(CCc2ccc(O)c(O)c2)c1=O. The second-order valence-corrected chi connectivity index (χ2v) is 7.88. The molecule has 0 spiro atoms. The Kier molecular flexibility index (Phi) is 7.35. The molecule has 3 aromatic rings. The Hall–Kier alpha value is -4.14. The summed E-state index contributed by atoms with van der Waals surface area (Å²) >= 11 is 0. The van der Waals surface area contributed by atoms with Gasteiger partial charge in [-0.25, -0.2) is 0 Å². The van der Waals surface area contributed by atoms with Crippen molar-refractivity contribution in [2.75, 3.05) is 14.2 Å². The zero-order valence-electron chi connectivity index (χ0n) is 19.1. The Morgan fingerprint density at radius 1 is 0.941 bits per heavy atom. The Morgan fingerprint density at radius 3 is 2.29 bits per heavy atom. The fourth-order valence-electron chi connectivity index (χ4n) is 3.90. The smallest absolute Gasteiger partial charge is 0.306 e. The Bertz CT molecular complexity index is 1260. The van der Waals surface area contributed by atoms with Gasteiger partial charge in [-0.3, -0.25) is 9.59 Å². The third-order valence-corrected chi connectivity index (χ3v) is 5.74. The second-order valence-electron chi connectivity index (χ2n) is 7.88. The van der Waals surface area contributed by atoms with Gasteiger partial charge in [0.05, 0.1) is 26.2 Å². The number of carbonyl (C=O) groups excluding carboxylic acids is 1. The number of benzene rings is 2. The molecule has 0 fully saturated rings. The van der Waals surface area contributed by atoms with Gasteiger partial charge in [-0.2, -0.15) is 0 Å². The maximum Gasteiger partial charge on any atom is 0.306 e. The van der Waals surface area contributed by atoms with Gasteiger partial charge in [0.15, 0.2) is 23.0 Å². The second kappa shape index (κ2) is 10.2. The first-order chi connectivity index (χ1) is 16.2. The first-order valence-corrected chi connectivity index (χ1v) is 10.5. The van der Waals surface area contributed by atoms with Crippen LogP contribution in [0, 0.1) is 6.92 Å². The van der Waals surface area contributed by atoms with Gasteiger partial charge >= 0.3 is 5.97 Å². The van der Waals surface area contributed by atoms with Crippen LogP contribution in [0.4, 0.5) is 0 Å². The van der Waals surface area contributed by atoms with E-state index in [1.54, 1.807) is 19.1 Å². The summed E-state index contributed by atoms with van der Waals surface area (Å²) < 4.78 is 11.3. The minimum atomic E-state index is -0.888. The molecule has 0 aliphatic rings. The van der Waals surface area contributed by atoms with Gasteiger partial charge < -0.3 is 34.5 Å². The predicted octanol–water partition coefficient (Wildman–Crippen LogP) is 2.93. The molecular formula is C25H27NO8. The van der Waals surface area contributed by atoms with E-state index in [0.717, 1.165) is 0 Å². The molecule has 4 N–H and O–H groups in total. The van der Waals surface area contributed by atoms with Crippen LogP contribution in [-0.2, 0) is 22.5 Å². The van der Waals surface area contributed by atoms with Crippen molar-refractivity contribution in [3.05, 3.63) is 75.2 Å². The summed E-state index contributed by atoms with van der Waals surface area (Å²) in [6.07, 6.45) is 0.129. The number of aromatic nitrogens is 1. The molecule has 3 rings (SSSR count). The molecule has 1 atom stereocenters. The molecule has 2 aromatic carbocycles. The molecule has 1 unspecified atom stereocenters. The normalized spacial score (nSPS) is 11.7. The molecule has 9 nitrogen and oxygen atoms in total. The molecule has 0 aliphatic carbocycles. The number of pyridine rings is 1. The molecule has 0 aliphatic heterocycles. The lowest BCUT2D eigenvalue weighted by atomic mass is 9.88. The summed E-state index contributed by atoms with van der Waals surface area (Å²) in [5.41, 5.74) is 1.12. The maximum atomic E-state index is 13.5. The lowest BCUT2D eigenvalue weighted by Gasteiger charge is -2.21. The van der Waals surface area contributed by atoms with Crippen molar-refractivity contribution in [3.63, 3.8) is 0 Å². The molecule has 0 amide bonds. The molecule has 9 heteroatoms. The number of phenols is 3. The van der Waals surface area contributed by atoms with Crippen LogP contribution in [0.3, 0.4) is 0 Å². The van der Waals surface area contributed by atoms with Crippen molar-refractivity contribution in [1.82, 2.24) is 4.57 Å². The molecule has 180 valence electrons. The van der Waals surface area contributed by atoms with Crippen LogP contribution in [0.25, 0.3) is 0 Å². The van der Waals surface area contributed by atoms with Gasteiger partial charge in [0, 0.05) is 18.2 Å². The number of carbonyl (C=O) groups is 1. The van der Waals surface area contributed by atoms with Gasteiger partial charge in [0.2, 0.25) is 0 Å². The summed E-state index contributed by atoms with van der Waals surface area (Å²) in [5, 5.41) is 40.2. The zero-order chi connectivity index (χ0) is 25.0. The minimum Gasteiger partial charge on any atom is -0.507 e. The Balaban J connectivity index is 2.06. The third kappa shape index (κ3) is 5.09. The van der Waals surface area contributed by atoms with Gasteiger partial charge in [-0.15, -0.1) is 0 Å². The van der Waals surface area contributed by atoms with Crippen molar-refractivity contribution < 1.29 is 34.7 Å². The van der Waals surface area contributed by atoms with E-state index in [9.17, 15) is 30.0 Å². The van der Waals surface area contributed by atoms with E-state index in [2.05, 4.69) is 0 Å². The number of aromatic hydroxyl groups is 4. The highest BCUT2D eigenvalue weighted by atomic mass is 16.5. The zero-order valence-corrected chi connectivity index (χ0v) is 19.1. The number of aryl methyl sites for hydroxylation is 2. The molecule has 1 aromatic heterocycles. The lowest BCUT2D eigenvalue weighted by Crippen LogP contribution is -2.29. The minimum absolute atomic E-state index is 0.00544. The number of hydrogen-bond acceptors (Lipinski definition) is 8. The van der Waals surface area contributed by atoms with Crippen LogP contribution in [0.5, 0.6) is 28.7 Å². The van der Waals surface area contributed by atoms with E-state index in [1.807, 2.05) is 0 Å². The number of hydrogen-bond donors (Lipinski definition) is 4. The number of rotatable bonds is 8. The number of phenolic OH excluding ortho intramolecular Hbond substituents is 3. The topological polar surface area (TPSA) is 138 Å². The van der Waals surface area contributed by atoms with E-state index in [0.29, 0.717) is 23.2 Å². The first-order valence-electron chi connectivity index (χ1n) is 10.5. The Morgan fingerprint density at radius 2 is 1.68 bits per heavy atom. The summed E-state index contributed by atoms with van der Waals surface area (Å²) in [6.45, 7) is 1.90. The van der Waals surface area contributed by atoms with E-state index in [-0.39, 0.29) is 47.3 Å². The highest BCUT2D eigenvalue weighted by Crippen LogP contribution is 2.36. The average Bonchev–Trinajstić information content (AvgIpc) is 2.80. The molecule has 0 saturated heterocycles. The summed E-state index contributed by atoms with van der Waals surface area (Å²) in [5.74, 6) is -2.20. The fourth-order valence-corrected chi connectivity index (χ4v) is 3.90. The fraction of sp³-hybridized carbons (Fsp3) is 0.280. The van der Waals surface area contributed by atoms with Crippen molar-refractivity contribution in [2.24, 2.45) is 0 Å². The maximum absolute atomic E-state index is 13.5. The molecule has 1 heterocycles. The third-order valence-electron chi connectivity index (χ3n) is 5.74. The van der Waals surface area contributed by atoms with Crippen molar-refractivity contribution >= 4 is 5.97 Å². The number of esters is 1. The van der Waals surface area contributed by atoms with Crippen LogP contribution in [0.2, 0.25) is 0 Å². The number of nitrogens with zero attached hydrogens (tertiary/aromatic N) is 1. The highest BCUT2D eigenvalue weighted by molar-refractivity contribution is 5.71. The van der Waals surface area contributed by atoms with Crippen molar-refractivity contribution in [2.45, 2.75) is 32.2 Å². The van der Waals surface area contributed by atoms with Crippen LogP contribution in [-0.4, -0.2) is 45.2 Å². The molecule has 34 heavy (non-hydrogen) atoms. The summed E-state index contributed by atoms with van der Waals surface area (Å²) in [7, 11) is 2.63. The van der Waals surface area contributed by atoms with Crippen LogP contribution >= 0.6 is 0 Å². The van der Waals surface area contributed by atoms with Crippen LogP contribution in [0.1, 0.15) is 34.7 Å². The molecule has 0 radical (unpaired) electrons. The van der Waals surface area contributed by atoms with Crippen LogP contribution < -0.4 is 10.3 Å². The standard InChI is InChI=1S/C25H27NO8/c1-14-10-21(30)24(25(32)26(14)9-8-15-4-6-18(27)19(28)11-15)17(13-23(31)34-3)16-5-7-22(33-2)20(29)12-16/h4-7,10-12,17,27-30H,8-9,13H2,1-3H3. The lowest BCUT2D eigenvalue weighted by molar-refractivity contribution is -0.140. The number of methoxy groups -OCH3 is 2. The molecular weight excluding hydrogens is 442 g/mol. The molecule has 0 saturated carbocycles. The van der Waals surface area contributed by atoms with Gasteiger partial charge in [-0.05, 0) is 54.8 Å². The average molecular weight is 469 g/mol. The quantitative estimate of drug-likeness (QED) is 0.292. The highest BCUT2D eigenvalue weighted by Gasteiger charge is 2.27. The van der Waals surface area contributed by atoms with Crippen LogP contribution in [0.15, 0.2) is 47.3 Å². The first kappa shape index (κ1) is 24.5. The van der Waals surface area contributed by atoms with E-state index in [4.69, 9.17) is 9.47 Å².